The second kappa shape index (κ2) is 5.09. The van der Waals surface area contributed by atoms with Crippen LogP contribution in [0.4, 0.5) is 0 Å². The molecule has 0 aromatic rings. The number of hydrogen-bond donors (Lipinski definition) is 3. The van der Waals surface area contributed by atoms with Crippen molar-refractivity contribution in [2.75, 3.05) is 6.61 Å². The average Bonchev–Trinajstić information content (AvgIpc) is 2.62. The highest BCUT2D eigenvalue weighted by Crippen LogP contribution is 2.06. The molecule has 1 aliphatic heterocycles. The fourth-order valence-electron chi connectivity index (χ4n) is 1.23. The molecule has 15 heavy (non-hydrogen) atoms. The molecule has 6 nitrogen and oxygen atoms in total. The minimum absolute atomic E-state index is 0.0929. The van der Waals surface area contributed by atoms with E-state index in [-0.39, 0.29) is 24.3 Å². The monoisotopic (exact) mass is 215 g/mol. The van der Waals surface area contributed by atoms with Crippen molar-refractivity contribution < 1.29 is 14.4 Å². The van der Waals surface area contributed by atoms with Crippen LogP contribution in [0.15, 0.2) is 0 Å². The van der Waals surface area contributed by atoms with E-state index in [1.807, 2.05) is 13.8 Å². The minimum Gasteiger partial charge on any atom is -0.341 e. The van der Waals surface area contributed by atoms with Crippen molar-refractivity contribution in [3.63, 3.8) is 0 Å². The highest BCUT2D eigenvalue weighted by Gasteiger charge is 2.29. The van der Waals surface area contributed by atoms with Gasteiger partial charge < -0.3 is 11.1 Å². The van der Waals surface area contributed by atoms with Gasteiger partial charge >= 0.3 is 0 Å². The largest absolute Gasteiger partial charge is 0.341 e. The number of carbonyl (C=O) groups is 2. The molecule has 0 aromatic carbocycles. The molecule has 0 spiro atoms. The molecule has 3 atom stereocenters. The number of carbonyl (C=O) groups excluding carboxylic acids is 2. The van der Waals surface area contributed by atoms with Crippen molar-refractivity contribution in [3.8, 4) is 0 Å². The van der Waals surface area contributed by atoms with Crippen LogP contribution in [0.1, 0.15) is 20.3 Å². The lowest BCUT2D eigenvalue weighted by molar-refractivity contribution is -0.129. The summed E-state index contributed by atoms with van der Waals surface area (Å²) in [6.07, 6.45) is 0.821. The lowest BCUT2D eigenvalue weighted by atomic mass is 9.99. The average molecular weight is 215 g/mol. The zero-order valence-electron chi connectivity index (χ0n) is 8.95. The van der Waals surface area contributed by atoms with E-state index in [0.717, 1.165) is 6.42 Å². The van der Waals surface area contributed by atoms with E-state index in [1.54, 1.807) is 0 Å². The van der Waals surface area contributed by atoms with E-state index in [2.05, 4.69) is 15.6 Å². The maximum Gasteiger partial charge on any atom is 0.268 e. The molecule has 0 aromatic heterocycles. The molecule has 0 saturated carbocycles. The van der Waals surface area contributed by atoms with E-state index in [9.17, 15) is 9.59 Å². The number of amides is 2. The quantitative estimate of drug-likeness (QED) is 0.555. The summed E-state index contributed by atoms with van der Waals surface area (Å²) in [6.45, 7) is 4.01. The van der Waals surface area contributed by atoms with E-state index >= 15 is 0 Å². The maximum atomic E-state index is 11.6. The second-order valence-electron chi connectivity index (χ2n) is 3.75. The molecular weight excluding hydrogens is 198 g/mol. The Morgan fingerprint density at radius 3 is 2.93 bits per heavy atom. The Morgan fingerprint density at radius 2 is 2.47 bits per heavy atom. The molecule has 6 heteroatoms. The Labute approximate surface area is 88.5 Å². The van der Waals surface area contributed by atoms with E-state index in [0.29, 0.717) is 0 Å². The van der Waals surface area contributed by atoms with Crippen LogP contribution >= 0.6 is 0 Å². The zero-order chi connectivity index (χ0) is 11.4. The molecule has 1 heterocycles. The van der Waals surface area contributed by atoms with Crippen molar-refractivity contribution in [1.82, 2.24) is 10.8 Å². The summed E-state index contributed by atoms with van der Waals surface area (Å²) in [4.78, 5) is 27.3. The molecule has 2 unspecified atom stereocenters. The first-order valence-corrected chi connectivity index (χ1v) is 5.03. The number of nitrogens with one attached hydrogen (secondary N) is 2. The van der Waals surface area contributed by atoms with Gasteiger partial charge in [-0.25, -0.2) is 5.48 Å². The zero-order valence-corrected chi connectivity index (χ0v) is 8.95. The number of rotatable bonds is 4. The van der Waals surface area contributed by atoms with Crippen LogP contribution in [0.25, 0.3) is 0 Å². The first-order chi connectivity index (χ1) is 7.06. The third-order valence-electron chi connectivity index (χ3n) is 2.62. The lowest BCUT2D eigenvalue weighted by Crippen LogP contribution is -2.51. The fraction of sp³-hybridized carbons (Fsp3) is 0.778. The Hall–Kier alpha value is -1.14. The summed E-state index contributed by atoms with van der Waals surface area (Å²) in [7, 11) is 0. The maximum absolute atomic E-state index is 11.6. The highest BCUT2D eigenvalue weighted by atomic mass is 16.7. The van der Waals surface area contributed by atoms with Crippen LogP contribution in [0, 0.1) is 5.92 Å². The number of nitrogens with two attached hydrogens (primary N) is 1. The van der Waals surface area contributed by atoms with Crippen molar-refractivity contribution >= 4 is 11.8 Å². The molecule has 0 aliphatic carbocycles. The van der Waals surface area contributed by atoms with Crippen LogP contribution in [0.2, 0.25) is 0 Å². The molecule has 1 fully saturated rings. The van der Waals surface area contributed by atoms with Crippen molar-refractivity contribution in [2.45, 2.75) is 32.4 Å². The van der Waals surface area contributed by atoms with Crippen LogP contribution in [-0.4, -0.2) is 30.5 Å². The fourth-order valence-corrected chi connectivity index (χ4v) is 1.23. The van der Waals surface area contributed by atoms with Crippen LogP contribution in [0.5, 0.6) is 0 Å². The Bertz CT molecular complexity index is 257. The van der Waals surface area contributed by atoms with Crippen molar-refractivity contribution in [3.05, 3.63) is 0 Å². The van der Waals surface area contributed by atoms with E-state index in [4.69, 9.17) is 5.73 Å². The summed E-state index contributed by atoms with van der Waals surface area (Å²) in [6, 6.07) is -1.20. The lowest BCUT2D eigenvalue weighted by Gasteiger charge is -2.18. The normalized spacial score (nSPS) is 24.5. The Kier molecular flexibility index (Phi) is 4.05. The summed E-state index contributed by atoms with van der Waals surface area (Å²) >= 11 is 0. The van der Waals surface area contributed by atoms with Gasteiger partial charge in [0.1, 0.15) is 12.6 Å². The van der Waals surface area contributed by atoms with Crippen molar-refractivity contribution in [2.24, 2.45) is 11.7 Å². The molecule has 1 aliphatic rings. The van der Waals surface area contributed by atoms with Gasteiger partial charge in [-0.15, -0.1) is 0 Å². The predicted octanol–water partition coefficient (Wildman–Crippen LogP) is -1.09. The highest BCUT2D eigenvalue weighted by molar-refractivity contribution is 5.90. The van der Waals surface area contributed by atoms with Crippen LogP contribution in [-0.2, 0) is 14.4 Å². The van der Waals surface area contributed by atoms with Gasteiger partial charge in [0.25, 0.3) is 5.91 Å². The molecule has 1 rings (SSSR count). The molecule has 0 radical (unpaired) electrons. The predicted molar refractivity (Wildman–Crippen MR) is 53.5 cm³/mol. The molecule has 4 N–H and O–H groups in total. The summed E-state index contributed by atoms with van der Waals surface area (Å²) in [5, 5.41) is 2.54. The molecule has 0 bridgehead atoms. The van der Waals surface area contributed by atoms with Crippen LogP contribution in [0.3, 0.4) is 0 Å². The minimum atomic E-state index is -0.618. The Balaban J connectivity index is 2.44. The van der Waals surface area contributed by atoms with Gasteiger partial charge in [-0.3, -0.25) is 14.4 Å². The van der Waals surface area contributed by atoms with E-state index < -0.39 is 12.1 Å². The SMILES string of the molecule is CCC(C)C(N)C(=O)N[C@@H]1CONC1=O. The summed E-state index contributed by atoms with van der Waals surface area (Å²) in [5.74, 6) is -0.551. The molecular formula is C9H17N3O3. The second-order valence-corrected chi connectivity index (χ2v) is 3.75. The number of hydrogen-bond acceptors (Lipinski definition) is 4. The smallest absolute Gasteiger partial charge is 0.268 e. The van der Waals surface area contributed by atoms with Crippen molar-refractivity contribution in [1.29, 1.82) is 0 Å². The summed E-state index contributed by atoms with van der Waals surface area (Å²) in [5.41, 5.74) is 7.87. The third-order valence-corrected chi connectivity index (χ3v) is 2.62. The molecule has 2 amide bonds. The van der Waals surface area contributed by atoms with Crippen LogP contribution < -0.4 is 16.5 Å². The number of hydroxylamine groups is 1. The van der Waals surface area contributed by atoms with Gasteiger partial charge in [0.2, 0.25) is 5.91 Å². The third kappa shape index (κ3) is 2.90. The first-order valence-electron chi connectivity index (χ1n) is 5.03. The van der Waals surface area contributed by atoms with Gasteiger partial charge in [-0.1, -0.05) is 20.3 Å². The van der Waals surface area contributed by atoms with Gasteiger partial charge in [0.05, 0.1) is 6.04 Å². The van der Waals surface area contributed by atoms with E-state index in [1.165, 1.54) is 0 Å². The Morgan fingerprint density at radius 1 is 1.80 bits per heavy atom. The summed E-state index contributed by atoms with van der Waals surface area (Å²) < 4.78 is 0. The standard InChI is InChI=1S/C9H17N3O3/c1-3-5(2)7(10)9(14)11-6-4-15-12-8(6)13/h5-7H,3-4,10H2,1-2H3,(H,11,14)(H,12,13)/t5?,6-,7?/m1/s1. The van der Waals surface area contributed by atoms with Gasteiger partial charge in [-0.05, 0) is 5.92 Å². The van der Waals surface area contributed by atoms with Gasteiger partial charge in [0, 0.05) is 0 Å². The molecule has 86 valence electrons. The van der Waals surface area contributed by atoms with Gasteiger partial charge in [0.15, 0.2) is 0 Å². The first kappa shape index (κ1) is 11.9. The van der Waals surface area contributed by atoms with Gasteiger partial charge in [-0.2, -0.15) is 0 Å². The molecule has 1 saturated heterocycles. The topological polar surface area (TPSA) is 93.5 Å².